The van der Waals surface area contributed by atoms with Gasteiger partial charge in [-0.25, -0.2) is 0 Å². The predicted octanol–water partition coefficient (Wildman–Crippen LogP) is 1.88. The number of amides is 2. The number of hydrogen-bond donors (Lipinski definition) is 0. The predicted molar refractivity (Wildman–Crippen MR) is 114 cm³/mol. The van der Waals surface area contributed by atoms with Crippen molar-refractivity contribution in [3.8, 4) is 5.88 Å². The number of anilines is 2. The van der Waals surface area contributed by atoms with Crippen molar-refractivity contribution < 1.29 is 14.3 Å². The van der Waals surface area contributed by atoms with Crippen molar-refractivity contribution in [3.63, 3.8) is 0 Å². The minimum atomic E-state index is -0.309. The molecule has 3 heterocycles. The van der Waals surface area contributed by atoms with Crippen LogP contribution in [0.3, 0.4) is 0 Å². The van der Waals surface area contributed by atoms with Gasteiger partial charge in [0.15, 0.2) is 5.82 Å². The molecule has 8 nitrogen and oxygen atoms in total. The molecule has 30 heavy (non-hydrogen) atoms. The van der Waals surface area contributed by atoms with Crippen molar-refractivity contribution >= 4 is 23.3 Å². The van der Waals surface area contributed by atoms with Gasteiger partial charge in [-0.1, -0.05) is 17.7 Å². The van der Waals surface area contributed by atoms with Gasteiger partial charge in [-0.05, 0) is 25.1 Å². The lowest BCUT2D eigenvalue weighted by Gasteiger charge is -2.21. The van der Waals surface area contributed by atoms with Crippen molar-refractivity contribution in [2.75, 3.05) is 43.5 Å². The third kappa shape index (κ3) is 4.22. The number of aryl methyl sites for hydroxylation is 1. The highest BCUT2D eigenvalue weighted by molar-refractivity contribution is 6.00. The van der Waals surface area contributed by atoms with E-state index in [1.165, 1.54) is 0 Å². The van der Waals surface area contributed by atoms with Crippen LogP contribution in [0.15, 0.2) is 36.4 Å². The van der Waals surface area contributed by atoms with Crippen LogP contribution in [0.25, 0.3) is 0 Å². The Morgan fingerprint density at radius 2 is 1.87 bits per heavy atom. The topological polar surface area (TPSA) is 78.9 Å². The van der Waals surface area contributed by atoms with E-state index in [1.54, 1.807) is 11.0 Å². The van der Waals surface area contributed by atoms with Crippen LogP contribution in [0.1, 0.15) is 18.4 Å². The lowest BCUT2D eigenvalue weighted by atomic mass is 10.1. The highest BCUT2D eigenvalue weighted by atomic mass is 16.5. The monoisotopic (exact) mass is 409 g/mol. The molecule has 2 unspecified atom stereocenters. The number of nitrogens with zero attached hydrogens (tertiary/aromatic N) is 5. The van der Waals surface area contributed by atoms with Crippen molar-refractivity contribution in [2.24, 2.45) is 5.92 Å². The molecule has 2 saturated heterocycles. The van der Waals surface area contributed by atoms with Crippen molar-refractivity contribution in [2.45, 2.75) is 25.9 Å². The average molecular weight is 409 g/mol. The lowest BCUT2D eigenvalue weighted by Crippen LogP contribution is -2.37. The molecule has 0 spiro atoms. The molecular weight excluding hydrogens is 382 g/mol. The van der Waals surface area contributed by atoms with Crippen LogP contribution in [0.5, 0.6) is 5.88 Å². The molecule has 2 fully saturated rings. The summed E-state index contributed by atoms with van der Waals surface area (Å²) in [7, 11) is 3.80. The third-order valence-corrected chi connectivity index (χ3v) is 5.65. The Morgan fingerprint density at radius 1 is 1.10 bits per heavy atom. The molecule has 8 heteroatoms. The number of rotatable bonds is 5. The third-order valence-electron chi connectivity index (χ3n) is 5.65. The first kappa shape index (κ1) is 20.1. The maximum Gasteiger partial charge on any atom is 0.233 e. The molecule has 0 N–H and O–H groups in total. The molecule has 0 bridgehead atoms. The highest BCUT2D eigenvalue weighted by Gasteiger charge is 2.39. The first-order chi connectivity index (χ1) is 14.4. The molecule has 0 saturated carbocycles. The largest absolute Gasteiger partial charge is 0.471 e. The van der Waals surface area contributed by atoms with E-state index in [1.807, 2.05) is 61.2 Å². The second-order valence-electron chi connectivity index (χ2n) is 8.18. The number of hydrogen-bond acceptors (Lipinski definition) is 6. The Kier molecular flexibility index (Phi) is 5.57. The molecule has 2 atom stereocenters. The van der Waals surface area contributed by atoms with Crippen LogP contribution in [-0.2, 0) is 9.59 Å². The first-order valence-corrected chi connectivity index (χ1v) is 10.2. The SMILES string of the molecule is Cc1ccc(N2CC(C(=O)N3CCC(Oc4ccc(N(C)C)nn4)C3)CC2=O)cc1. The Hall–Kier alpha value is -3.16. The molecule has 2 amide bonds. The minimum Gasteiger partial charge on any atom is -0.471 e. The van der Waals surface area contributed by atoms with E-state index in [0.717, 1.165) is 23.5 Å². The van der Waals surface area contributed by atoms with E-state index in [9.17, 15) is 9.59 Å². The summed E-state index contributed by atoms with van der Waals surface area (Å²) in [5.74, 6) is 0.936. The molecule has 2 aromatic rings. The Labute approximate surface area is 176 Å². The van der Waals surface area contributed by atoms with E-state index >= 15 is 0 Å². The number of aromatic nitrogens is 2. The number of likely N-dealkylation sites (tertiary alicyclic amines) is 1. The molecule has 0 radical (unpaired) electrons. The summed E-state index contributed by atoms with van der Waals surface area (Å²) in [6.45, 7) is 3.57. The average Bonchev–Trinajstić information content (AvgIpc) is 3.35. The molecular formula is C22H27N5O3. The van der Waals surface area contributed by atoms with Crippen LogP contribution in [-0.4, -0.2) is 66.7 Å². The summed E-state index contributed by atoms with van der Waals surface area (Å²) in [5, 5.41) is 8.22. The Bertz CT molecular complexity index is 913. The molecule has 4 rings (SSSR count). The van der Waals surface area contributed by atoms with Crippen LogP contribution < -0.4 is 14.5 Å². The summed E-state index contributed by atoms with van der Waals surface area (Å²) >= 11 is 0. The van der Waals surface area contributed by atoms with Gasteiger partial charge in [0.25, 0.3) is 0 Å². The summed E-state index contributed by atoms with van der Waals surface area (Å²) in [6, 6.07) is 11.5. The van der Waals surface area contributed by atoms with E-state index < -0.39 is 0 Å². The van der Waals surface area contributed by atoms with E-state index in [0.29, 0.717) is 25.5 Å². The summed E-state index contributed by atoms with van der Waals surface area (Å²) in [6.07, 6.45) is 0.885. The van der Waals surface area contributed by atoms with Crippen molar-refractivity contribution in [1.82, 2.24) is 15.1 Å². The van der Waals surface area contributed by atoms with Gasteiger partial charge in [-0.2, -0.15) is 0 Å². The molecule has 1 aromatic carbocycles. The lowest BCUT2D eigenvalue weighted by molar-refractivity contribution is -0.135. The standard InChI is InChI=1S/C22H27N5O3/c1-15-4-6-17(7-5-15)27-13-16(12-21(27)28)22(29)26-11-10-18(14-26)30-20-9-8-19(23-24-20)25(2)3/h4-9,16,18H,10-14H2,1-3H3. The normalized spacial score (nSPS) is 21.2. The Morgan fingerprint density at radius 3 is 2.53 bits per heavy atom. The highest BCUT2D eigenvalue weighted by Crippen LogP contribution is 2.28. The number of benzene rings is 1. The second kappa shape index (κ2) is 8.30. The smallest absolute Gasteiger partial charge is 0.233 e. The van der Waals surface area contributed by atoms with Crippen molar-refractivity contribution in [1.29, 1.82) is 0 Å². The first-order valence-electron chi connectivity index (χ1n) is 10.2. The zero-order valence-corrected chi connectivity index (χ0v) is 17.6. The fourth-order valence-electron chi connectivity index (χ4n) is 3.92. The van der Waals surface area contributed by atoms with Crippen LogP contribution in [0, 0.1) is 12.8 Å². The van der Waals surface area contributed by atoms with Gasteiger partial charge in [0.1, 0.15) is 6.10 Å². The second-order valence-corrected chi connectivity index (χ2v) is 8.18. The molecule has 1 aromatic heterocycles. The van der Waals surface area contributed by atoms with Gasteiger partial charge in [0, 0.05) is 51.8 Å². The fourth-order valence-corrected chi connectivity index (χ4v) is 3.92. The minimum absolute atomic E-state index is 0.000422. The quantitative estimate of drug-likeness (QED) is 0.750. The van der Waals surface area contributed by atoms with Crippen LogP contribution >= 0.6 is 0 Å². The van der Waals surface area contributed by atoms with Crippen LogP contribution in [0.4, 0.5) is 11.5 Å². The number of carbonyl (C=O) groups excluding carboxylic acids is 2. The molecule has 158 valence electrons. The molecule has 0 aliphatic carbocycles. The van der Waals surface area contributed by atoms with Gasteiger partial charge >= 0.3 is 0 Å². The van der Waals surface area contributed by atoms with Gasteiger partial charge in [0.2, 0.25) is 17.7 Å². The zero-order valence-electron chi connectivity index (χ0n) is 17.6. The van der Waals surface area contributed by atoms with E-state index in [2.05, 4.69) is 10.2 Å². The number of ether oxygens (including phenoxy) is 1. The number of carbonyl (C=O) groups is 2. The molecule has 2 aliphatic rings. The van der Waals surface area contributed by atoms with Gasteiger partial charge in [-0.15, -0.1) is 10.2 Å². The summed E-state index contributed by atoms with van der Waals surface area (Å²) in [4.78, 5) is 30.9. The summed E-state index contributed by atoms with van der Waals surface area (Å²) in [5.41, 5.74) is 1.99. The van der Waals surface area contributed by atoms with E-state index in [-0.39, 0.29) is 30.3 Å². The van der Waals surface area contributed by atoms with Gasteiger partial charge < -0.3 is 19.4 Å². The van der Waals surface area contributed by atoms with Gasteiger partial charge in [-0.3, -0.25) is 9.59 Å². The van der Waals surface area contributed by atoms with Crippen molar-refractivity contribution in [3.05, 3.63) is 42.0 Å². The molecule has 2 aliphatic heterocycles. The van der Waals surface area contributed by atoms with E-state index in [4.69, 9.17) is 4.74 Å². The maximum absolute atomic E-state index is 13.0. The zero-order chi connectivity index (χ0) is 21.3. The van der Waals surface area contributed by atoms with Crippen LogP contribution in [0.2, 0.25) is 0 Å². The van der Waals surface area contributed by atoms with Gasteiger partial charge in [0.05, 0.1) is 12.5 Å². The Balaban J connectivity index is 1.33. The maximum atomic E-state index is 13.0. The summed E-state index contributed by atoms with van der Waals surface area (Å²) < 4.78 is 5.91. The fraction of sp³-hybridized carbons (Fsp3) is 0.455.